The highest BCUT2D eigenvalue weighted by Gasteiger charge is 2.02. The normalized spacial score (nSPS) is 16.4. The van der Waals surface area contributed by atoms with Crippen molar-refractivity contribution in [3.63, 3.8) is 0 Å². The van der Waals surface area contributed by atoms with Crippen molar-refractivity contribution in [1.29, 1.82) is 0 Å². The topological polar surface area (TPSA) is 17.1 Å². The first-order valence-corrected chi connectivity index (χ1v) is 3.82. The highest BCUT2D eigenvalue weighted by Crippen LogP contribution is 2.20. The number of hydrogen-bond donors (Lipinski definition) is 0. The van der Waals surface area contributed by atoms with E-state index in [0.29, 0.717) is 6.42 Å². The van der Waals surface area contributed by atoms with Crippen LogP contribution < -0.4 is 0 Å². The van der Waals surface area contributed by atoms with E-state index in [0.717, 1.165) is 24.7 Å². The van der Waals surface area contributed by atoms with Gasteiger partial charge in [0.25, 0.3) is 0 Å². The van der Waals surface area contributed by atoms with Gasteiger partial charge in [0.1, 0.15) is 6.29 Å². The number of hydrogen-bond acceptors (Lipinski definition) is 1. The minimum atomic E-state index is 0.610. The van der Waals surface area contributed by atoms with Crippen molar-refractivity contribution in [2.45, 2.75) is 19.3 Å². The van der Waals surface area contributed by atoms with Gasteiger partial charge in [-0.25, -0.2) is 0 Å². The van der Waals surface area contributed by atoms with Gasteiger partial charge in [-0.15, -0.1) is 0 Å². The summed E-state index contributed by atoms with van der Waals surface area (Å²) in [6.07, 6.45) is 9.47. The molecule has 1 aliphatic rings. The van der Waals surface area contributed by atoms with Gasteiger partial charge in [-0.05, 0) is 24.0 Å². The third-order valence-electron chi connectivity index (χ3n) is 1.78. The Bertz CT molecular complexity index is 221. The second kappa shape index (κ2) is 3.91. The molecule has 0 fully saturated rings. The van der Waals surface area contributed by atoms with Crippen molar-refractivity contribution in [3.05, 3.63) is 36.0 Å². The lowest BCUT2D eigenvalue weighted by atomic mass is 9.96. The summed E-state index contributed by atoms with van der Waals surface area (Å²) in [5.41, 5.74) is 2.37. The average Bonchev–Trinajstić information content (AvgIpc) is 2.03. The summed E-state index contributed by atoms with van der Waals surface area (Å²) in [4.78, 5) is 10.1. The van der Waals surface area contributed by atoms with Crippen molar-refractivity contribution < 1.29 is 4.79 Å². The molecule has 0 amide bonds. The van der Waals surface area contributed by atoms with Crippen LogP contribution in [0.1, 0.15) is 19.3 Å². The van der Waals surface area contributed by atoms with E-state index in [1.54, 1.807) is 0 Å². The first kappa shape index (κ1) is 7.99. The van der Waals surface area contributed by atoms with Crippen molar-refractivity contribution in [2.24, 2.45) is 0 Å². The quantitative estimate of drug-likeness (QED) is 0.562. The molecule has 0 atom stereocenters. The maximum absolute atomic E-state index is 10.1. The highest BCUT2D eigenvalue weighted by atomic mass is 16.1. The molecule has 0 heterocycles. The molecule has 0 aliphatic heterocycles. The molecule has 0 bridgehead atoms. The molecule has 0 unspecified atom stereocenters. The van der Waals surface area contributed by atoms with Gasteiger partial charge in [0.15, 0.2) is 0 Å². The van der Waals surface area contributed by atoms with Gasteiger partial charge in [0.2, 0.25) is 0 Å². The Hall–Kier alpha value is -1.11. The van der Waals surface area contributed by atoms with E-state index >= 15 is 0 Å². The van der Waals surface area contributed by atoms with Crippen molar-refractivity contribution in [3.8, 4) is 0 Å². The molecule has 0 aromatic carbocycles. The van der Waals surface area contributed by atoms with E-state index in [2.05, 4.69) is 12.7 Å². The molecule has 58 valence electrons. The largest absolute Gasteiger partial charge is 0.303 e. The lowest BCUT2D eigenvalue weighted by Gasteiger charge is -2.09. The maximum atomic E-state index is 10.1. The van der Waals surface area contributed by atoms with Crippen molar-refractivity contribution in [1.82, 2.24) is 0 Å². The second-order valence-electron chi connectivity index (χ2n) is 2.63. The molecule has 1 heteroatoms. The minimum absolute atomic E-state index is 0.610. The zero-order valence-electron chi connectivity index (χ0n) is 6.55. The van der Waals surface area contributed by atoms with Crippen molar-refractivity contribution in [2.75, 3.05) is 0 Å². The molecule has 0 spiro atoms. The van der Waals surface area contributed by atoms with Crippen molar-refractivity contribution >= 4 is 6.29 Å². The minimum Gasteiger partial charge on any atom is -0.303 e. The fraction of sp³-hybridized carbons (Fsp3) is 0.300. The fourth-order valence-electron chi connectivity index (χ4n) is 1.12. The van der Waals surface area contributed by atoms with Crippen LogP contribution in [0.3, 0.4) is 0 Å². The van der Waals surface area contributed by atoms with Crippen LogP contribution in [0.15, 0.2) is 36.0 Å². The Labute approximate surface area is 67.1 Å². The fourth-order valence-corrected chi connectivity index (χ4v) is 1.12. The summed E-state index contributed by atoms with van der Waals surface area (Å²) in [5, 5.41) is 0. The van der Waals surface area contributed by atoms with E-state index < -0.39 is 0 Å². The summed E-state index contributed by atoms with van der Waals surface area (Å²) in [6, 6.07) is 0. The third-order valence-corrected chi connectivity index (χ3v) is 1.78. The maximum Gasteiger partial charge on any atom is 0.120 e. The predicted octanol–water partition coefficient (Wildman–Crippen LogP) is 2.41. The van der Waals surface area contributed by atoms with E-state index in [4.69, 9.17) is 0 Å². The smallest absolute Gasteiger partial charge is 0.120 e. The Morgan fingerprint density at radius 1 is 1.64 bits per heavy atom. The van der Waals surface area contributed by atoms with Gasteiger partial charge < -0.3 is 4.79 Å². The highest BCUT2D eigenvalue weighted by molar-refractivity contribution is 5.51. The zero-order chi connectivity index (χ0) is 8.10. The number of allylic oxidation sites excluding steroid dienone is 5. The second-order valence-corrected chi connectivity index (χ2v) is 2.63. The van der Waals surface area contributed by atoms with Gasteiger partial charge in [-0.2, -0.15) is 0 Å². The van der Waals surface area contributed by atoms with Gasteiger partial charge in [0, 0.05) is 6.42 Å². The van der Waals surface area contributed by atoms with E-state index in [1.807, 2.05) is 12.2 Å². The Morgan fingerprint density at radius 2 is 2.45 bits per heavy atom. The van der Waals surface area contributed by atoms with Crippen LogP contribution in [0, 0.1) is 0 Å². The average molecular weight is 148 g/mol. The Balaban J connectivity index is 2.53. The van der Waals surface area contributed by atoms with E-state index in [1.165, 1.54) is 5.57 Å². The molecule has 1 aliphatic carbocycles. The van der Waals surface area contributed by atoms with Crippen LogP contribution in [-0.2, 0) is 4.79 Å². The molecular weight excluding hydrogens is 136 g/mol. The SMILES string of the molecule is C=C1CC=CC=C1CCC=O. The Morgan fingerprint density at radius 3 is 3.09 bits per heavy atom. The summed E-state index contributed by atoms with van der Waals surface area (Å²) in [5.74, 6) is 0. The Kier molecular flexibility index (Phi) is 2.84. The molecule has 0 saturated heterocycles. The predicted molar refractivity (Wildman–Crippen MR) is 46.3 cm³/mol. The molecule has 1 nitrogen and oxygen atoms in total. The molecule has 0 N–H and O–H groups in total. The summed E-state index contributed by atoms with van der Waals surface area (Å²) < 4.78 is 0. The van der Waals surface area contributed by atoms with Crippen LogP contribution in [0.2, 0.25) is 0 Å². The van der Waals surface area contributed by atoms with Crippen LogP contribution >= 0.6 is 0 Å². The molecule has 11 heavy (non-hydrogen) atoms. The van der Waals surface area contributed by atoms with Crippen LogP contribution in [-0.4, -0.2) is 6.29 Å². The summed E-state index contributed by atoms with van der Waals surface area (Å²) >= 11 is 0. The van der Waals surface area contributed by atoms with Crippen LogP contribution in [0.25, 0.3) is 0 Å². The lowest BCUT2D eigenvalue weighted by Crippen LogP contribution is -1.91. The number of aldehydes is 1. The number of carbonyl (C=O) groups is 1. The molecule has 1 rings (SSSR count). The zero-order valence-corrected chi connectivity index (χ0v) is 6.55. The monoisotopic (exact) mass is 148 g/mol. The molecule has 0 aromatic heterocycles. The van der Waals surface area contributed by atoms with Crippen LogP contribution in [0.5, 0.6) is 0 Å². The number of rotatable bonds is 3. The molecule has 0 radical (unpaired) electrons. The van der Waals surface area contributed by atoms with E-state index in [-0.39, 0.29) is 0 Å². The summed E-state index contributed by atoms with van der Waals surface area (Å²) in [7, 11) is 0. The standard InChI is InChI=1S/C10H12O/c1-9-5-2-3-6-10(9)7-4-8-11/h2-3,6,8H,1,4-5,7H2. The first-order valence-electron chi connectivity index (χ1n) is 3.82. The van der Waals surface area contributed by atoms with Gasteiger partial charge in [0.05, 0.1) is 0 Å². The molecule has 0 saturated carbocycles. The summed E-state index contributed by atoms with van der Waals surface area (Å²) in [6.45, 7) is 3.91. The van der Waals surface area contributed by atoms with Crippen LogP contribution in [0.4, 0.5) is 0 Å². The van der Waals surface area contributed by atoms with Gasteiger partial charge in [-0.3, -0.25) is 0 Å². The third kappa shape index (κ3) is 2.19. The van der Waals surface area contributed by atoms with E-state index in [9.17, 15) is 4.79 Å². The first-order chi connectivity index (χ1) is 5.34. The molecule has 0 aromatic rings. The van der Waals surface area contributed by atoms with Gasteiger partial charge in [-0.1, -0.05) is 24.8 Å². The number of carbonyl (C=O) groups excluding carboxylic acids is 1. The van der Waals surface area contributed by atoms with Gasteiger partial charge >= 0.3 is 0 Å². The molecular formula is C10H12O. The lowest BCUT2D eigenvalue weighted by molar-refractivity contribution is -0.107.